The molecule has 0 atom stereocenters. The fourth-order valence-electron chi connectivity index (χ4n) is 3.60. The van der Waals surface area contributed by atoms with E-state index >= 15 is 0 Å². The molecule has 172 valence electrons. The monoisotopic (exact) mass is 576 g/mol. The molecule has 2 heterocycles. The van der Waals surface area contributed by atoms with Gasteiger partial charge in [0.05, 0.1) is 4.90 Å². The molecule has 1 aliphatic heterocycles. The highest BCUT2D eigenvalue weighted by Crippen LogP contribution is 2.26. The molecule has 3 rings (SSSR count). The Balaban J connectivity index is 0.00000341. The lowest BCUT2D eigenvalue weighted by Crippen LogP contribution is -2.43. The van der Waals surface area contributed by atoms with Crippen LogP contribution >= 0.6 is 35.3 Å². The van der Waals surface area contributed by atoms with Gasteiger partial charge in [0, 0.05) is 43.5 Å². The fourth-order valence-corrected chi connectivity index (χ4v) is 6.19. The zero-order valence-corrected chi connectivity index (χ0v) is 22.4. The molecule has 6 nitrogen and oxygen atoms in total. The minimum Gasteiger partial charge on any atom is -0.356 e. The third-order valence-electron chi connectivity index (χ3n) is 5.46. The minimum atomic E-state index is -3.48. The molecule has 1 fully saturated rings. The molecule has 2 N–H and O–H groups in total. The first-order valence-electron chi connectivity index (χ1n) is 10.4. The summed E-state index contributed by atoms with van der Waals surface area (Å²) in [6.07, 6.45) is 2.95. The Morgan fingerprint density at radius 3 is 2.45 bits per heavy atom. The molecule has 0 spiro atoms. The Morgan fingerprint density at radius 1 is 1.10 bits per heavy atom. The van der Waals surface area contributed by atoms with E-state index in [1.54, 1.807) is 34.8 Å². The average molecular weight is 577 g/mol. The maximum absolute atomic E-state index is 13.2. The highest BCUT2D eigenvalue weighted by atomic mass is 127. The van der Waals surface area contributed by atoms with Gasteiger partial charge in [-0.2, -0.15) is 4.31 Å². The number of guanidine groups is 1. The van der Waals surface area contributed by atoms with Gasteiger partial charge in [0.25, 0.3) is 0 Å². The second-order valence-electron chi connectivity index (χ2n) is 8.21. The van der Waals surface area contributed by atoms with Crippen molar-refractivity contribution in [2.75, 3.05) is 26.7 Å². The SMILES string of the molecule is CN=C(NCc1ccccc1S(=O)(=O)N1CCCCC1)NCC(C)(C)c1cccs1.I. The molecule has 9 heteroatoms. The zero-order valence-electron chi connectivity index (χ0n) is 18.4. The summed E-state index contributed by atoms with van der Waals surface area (Å²) < 4.78 is 27.9. The molecule has 31 heavy (non-hydrogen) atoms. The second kappa shape index (κ2) is 11.6. The maximum atomic E-state index is 13.2. The summed E-state index contributed by atoms with van der Waals surface area (Å²) in [6, 6.07) is 11.4. The number of nitrogens with zero attached hydrogens (tertiary/aromatic N) is 2. The molecule has 0 amide bonds. The molecule has 0 unspecified atom stereocenters. The fraction of sp³-hybridized carbons (Fsp3) is 0.500. The van der Waals surface area contributed by atoms with Gasteiger partial charge in [0.15, 0.2) is 5.96 Å². The van der Waals surface area contributed by atoms with Crippen molar-refractivity contribution in [1.29, 1.82) is 0 Å². The van der Waals surface area contributed by atoms with E-state index in [9.17, 15) is 8.42 Å². The van der Waals surface area contributed by atoms with E-state index in [4.69, 9.17) is 0 Å². The quantitative estimate of drug-likeness (QED) is 0.295. The minimum absolute atomic E-state index is 0. The van der Waals surface area contributed by atoms with Gasteiger partial charge < -0.3 is 10.6 Å². The Morgan fingerprint density at radius 2 is 1.81 bits per heavy atom. The van der Waals surface area contributed by atoms with Crippen molar-refractivity contribution in [3.8, 4) is 0 Å². The first-order valence-corrected chi connectivity index (χ1v) is 12.7. The van der Waals surface area contributed by atoms with Crippen molar-refractivity contribution in [2.45, 2.75) is 50.0 Å². The van der Waals surface area contributed by atoms with Crippen molar-refractivity contribution < 1.29 is 8.42 Å². The van der Waals surface area contributed by atoms with Crippen LogP contribution in [0, 0.1) is 0 Å². The van der Waals surface area contributed by atoms with Gasteiger partial charge in [0.2, 0.25) is 10.0 Å². The summed E-state index contributed by atoms with van der Waals surface area (Å²) in [6.45, 7) is 6.71. The van der Waals surface area contributed by atoms with Crippen molar-refractivity contribution in [1.82, 2.24) is 14.9 Å². The first-order chi connectivity index (χ1) is 14.3. The number of sulfonamides is 1. The molecule has 1 aliphatic rings. The van der Waals surface area contributed by atoms with E-state index < -0.39 is 10.0 Å². The molecule has 0 radical (unpaired) electrons. The lowest BCUT2D eigenvalue weighted by molar-refractivity contribution is 0.346. The van der Waals surface area contributed by atoms with Gasteiger partial charge in [-0.1, -0.05) is 44.5 Å². The molecule has 0 aliphatic carbocycles. The van der Waals surface area contributed by atoms with Gasteiger partial charge in [0.1, 0.15) is 0 Å². The molecule has 2 aromatic rings. The van der Waals surface area contributed by atoms with Crippen LogP contribution in [0.15, 0.2) is 51.7 Å². The van der Waals surface area contributed by atoms with Crippen molar-refractivity contribution in [3.63, 3.8) is 0 Å². The van der Waals surface area contributed by atoms with E-state index in [0.29, 0.717) is 30.5 Å². The van der Waals surface area contributed by atoms with E-state index in [1.165, 1.54) is 4.88 Å². The Hall–Kier alpha value is -1.17. The average Bonchev–Trinajstić information content (AvgIpc) is 3.31. The number of hydrogen-bond donors (Lipinski definition) is 2. The summed E-state index contributed by atoms with van der Waals surface area (Å²) in [4.78, 5) is 6.00. The normalized spacial score (nSPS) is 15.9. The number of halogens is 1. The summed E-state index contributed by atoms with van der Waals surface area (Å²) in [5, 5.41) is 8.74. The van der Waals surface area contributed by atoms with Gasteiger partial charge >= 0.3 is 0 Å². The van der Waals surface area contributed by atoms with E-state index in [1.807, 2.05) is 12.1 Å². The summed E-state index contributed by atoms with van der Waals surface area (Å²) in [5.74, 6) is 0.657. The Bertz CT molecular complexity index is 954. The van der Waals surface area contributed by atoms with E-state index in [-0.39, 0.29) is 29.4 Å². The van der Waals surface area contributed by atoms with Crippen LogP contribution in [-0.2, 0) is 22.0 Å². The van der Waals surface area contributed by atoms with E-state index in [0.717, 1.165) is 31.4 Å². The molecule has 0 bridgehead atoms. The highest BCUT2D eigenvalue weighted by molar-refractivity contribution is 14.0. The third kappa shape index (κ3) is 6.66. The van der Waals surface area contributed by atoms with Crippen LogP contribution in [0.2, 0.25) is 0 Å². The van der Waals surface area contributed by atoms with Gasteiger partial charge in [-0.3, -0.25) is 4.99 Å². The Kier molecular flexibility index (Phi) is 9.78. The molecule has 1 aromatic carbocycles. The number of nitrogens with one attached hydrogen (secondary N) is 2. The van der Waals surface area contributed by atoms with Gasteiger partial charge in [-0.05, 0) is 35.9 Å². The van der Waals surface area contributed by atoms with Crippen LogP contribution < -0.4 is 10.6 Å². The molecule has 1 aromatic heterocycles. The van der Waals surface area contributed by atoms with E-state index in [2.05, 4.69) is 47.0 Å². The molecule has 1 saturated heterocycles. The number of rotatable bonds is 7. The zero-order chi connectivity index (χ0) is 21.6. The number of hydrogen-bond acceptors (Lipinski definition) is 4. The summed E-state index contributed by atoms with van der Waals surface area (Å²) >= 11 is 1.75. The Labute approximate surface area is 207 Å². The lowest BCUT2D eigenvalue weighted by atomic mass is 9.91. The van der Waals surface area contributed by atoms with Gasteiger partial charge in [-0.15, -0.1) is 35.3 Å². The van der Waals surface area contributed by atoms with Gasteiger partial charge in [-0.25, -0.2) is 8.42 Å². The summed E-state index contributed by atoms with van der Waals surface area (Å²) in [5.41, 5.74) is 0.727. The predicted octanol–water partition coefficient (Wildman–Crippen LogP) is 4.18. The smallest absolute Gasteiger partial charge is 0.243 e. The third-order valence-corrected chi connectivity index (χ3v) is 8.70. The first kappa shape index (κ1) is 26.1. The molecule has 0 saturated carbocycles. The van der Waals surface area contributed by atoms with Crippen LogP contribution in [0.4, 0.5) is 0 Å². The standard InChI is InChI=1S/C22H32N4O2S2.HI/c1-22(2,20-12-9-15-29-20)17-25-21(23-3)24-16-18-10-5-6-11-19(18)30(27,28)26-13-7-4-8-14-26;/h5-6,9-12,15H,4,7-8,13-14,16-17H2,1-3H3,(H2,23,24,25);1H. The van der Waals surface area contributed by atoms with Crippen molar-refractivity contribution in [2.24, 2.45) is 4.99 Å². The lowest BCUT2D eigenvalue weighted by Gasteiger charge is -2.27. The topological polar surface area (TPSA) is 73.8 Å². The van der Waals surface area contributed by atoms with Crippen molar-refractivity contribution in [3.05, 3.63) is 52.2 Å². The van der Waals surface area contributed by atoms with Crippen LogP contribution in [-0.4, -0.2) is 45.4 Å². The van der Waals surface area contributed by atoms with Crippen LogP contribution in [0.25, 0.3) is 0 Å². The van der Waals surface area contributed by atoms with Crippen LogP contribution in [0.1, 0.15) is 43.6 Å². The molecular weight excluding hydrogens is 543 g/mol. The largest absolute Gasteiger partial charge is 0.356 e. The maximum Gasteiger partial charge on any atom is 0.243 e. The molecular formula is C22H33IN4O2S2. The number of benzene rings is 1. The van der Waals surface area contributed by atoms with Crippen LogP contribution in [0.3, 0.4) is 0 Å². The predicted molar refractivity (Wildman–Crippen MR) is 140 cm³/mol. The number of thiophene rings is 1. The second-order valence-corrected chi connectivity index (χ2v) is 11.1. The summed E-state index contributed by atoms with van der Waals surface area (Å²) in [7, 11) is -1.75. The van der Waals surface area contributed by atoms with Crippen molar-refractivity contribution >= 4 is 51.3 Å². The highest BCUT2D eigenvalue weighted by Gasteiger charge is 2.28. The number of aliphatic imine (C=N–C) groups is 1. The van der Waals surface area contributed by atoms with Crippen LogP contribution in [0.5, 0.6) is 0 Å². The number of piperidine rings is 1.